The zero-order valence-corrected chi connectivity index (χ0v) is 26.0. The summed E-state index contributed by atoms with van der Waals surface area (Å²) in [7, 11) is -4.37. The highest BCUT2D eigenvalue weighted by molar-refractivity contribution is 8.00. The normalized spacial score (nSPS) is 18.0. The van der Waals surface area contributed by atoms with Gasteiger partial charge in [0.25, 0.3) is 15.9 Å². The highest BCUT2D eigenvalue weighted by Crippen LogP contribution is 2.52. The van der Waals surface area contributed by atoms with Gasteiger partial charge in [0.15, 0.2) is 5.03 Å². The lowest BCUT2D eigenvalue weighted by Crippen LogP contribution is -2.48. The van der Waals surface area contributed by atoms with Crippen molar-refractivity contribution in [3.63, 3.8) is 0 Å². The fraction of sp³-hybridized carbons (Fsp3) is 0.393. The van der Waals surface area contributed by atoms with Crippen molar-refractivity contribution in [2.24, 2.45) is 11.8 Å². The number of aromatic nitrogens is 2. The average Bonchev–Trinajstić information content (AvgIpc) is 3.03. The zero-order chi connectivity index (χ0) is 30.3. The number of hydrogen-bond acceptors (Lipinski definition) is 10. The van der Waals surface area contributed by atoms with Crippen LogP contribution in [0.25, 0.3) is 11.3 Å². The van der Waals surface area contributed by atoms with Gasteiger partial charge in [-0.15, -0.1) is 25.3 Å². The molecule has 3 N–H and O–H groups in total. The lowest BCUT2D eigenvalue weighted by Gasteiger charge is -2.41. The molecule has 9 nitrogen and oxygen atoms in total. The molecule has 1 amide bonds. The standard InChI is InChI=1S/C28H34FN5O4S3/c1-16(2)15-38-20-12-18(11-19(29)13-20)22-10-9-21(25(31-22)34-27(4,5)14-17(3)28(34,39)40)26(35)33-41(36,37)24-8-6-7-23(30)32-24/h6-13,16-17,39-40H,14-15H2,1-5H3,(H2,30,32)(H,33,35)/t17-/m0/s1. The predicted octanol–water partition coefficient (Wildman–Crippen LogP) is 5.16. The molecule has 1 saturated heterocycles. The van der Waals surface area contributed by atoms with Crippen LogP contribution in [0.3, 0.4) is 0 Å². The second-order valence-electron chi connectivity index (χ2n) is 11.2. The lowest BCUT2D eigenvalue weighted by molar-refractivity contribution is 0.0981. The number of rotatable bonds is 8. The fourth-order valence-corrected chi connectivity index (χ4v) is 6.76. The number of amides is 1. The van der Waals surface area contributed by atoms with Gasteiger partial charge in [-0.25, -0.2) is 19.1 Å². The van der Waals surface area contributed by atoms with Crippen LogP contribution in [-0.2, 0) is 10.0 Å². The van der Waals surface area contributed by atoms with Crippen molar-refractivity contribution in [2.45, 2.75) is 55.8 Å². The van der Waals surface area contributed by atoms with E-state index in [4.69, 9.17) is 40.7 Å². The van der Waals surface area contributed by atoms with Crippen LogP contribution < -0.4 is 20.1 Å². The van der Waals surface area contributed by atoms with Gasteiger partial charge in [-0.1, -0.05) is 26.8 Å². The van der Waals surface area contributed by atoms with E-state index in [2.05, 4.69) is 9.71 Å². The third-order valence-corrected chi connectivity index (χ3v) is 9.24. The summed E-state index contributed by atoms with van der Waals surface area (Å²) in [6.07, 6.45) is 0.658. The predicted molar refractivity (Wildman–Crippen MR) is 164 cm³/mol. The van der Waals surface area contributed by atoms with E-state index in [9.17, 15) is 17.6 Å². The quantitative estimate of drug-likeness (QED) is 0.201. The van der Waals surface area contributed by atoms with Crippen molar-refractivity contribution < 1.29 is 22.3 Å². The number of halogens is 1. The monoisotopic (exact) mass is 619 g/mol. The Morgan fingerprint density at radius 2 is 1.90 bits per heavy atom. The van der Waals surface area contributed by atoms with E-state index in [1.165, 1.54) is 42.5 Å². The van der Waals surface area contributed by atoms with Crippen LogP contribution in [0.15, 0.2) is 53.6 Å². The van der Waals surface area contributed by atoms with Crippen molar-refractivity contribution in [3.8, 4) is 17.0 Å². The molecule has 1 aromatic carbocycles. The molecule has 2 aromatic heterocycles. The molecule has 4 rings (SSSR count). The number of anilines is 2. The van der Waals surface area contributed by atoms with Crippen LogP contribution >= 0.6 is 25.3 Å². The minimum Gasteiger partial charge on any atom is -0.493 e. The first-order chi connectivity index (χ1) is 19.0. The Labute approximate surface area is 251 Å². The summed E-state index contributed by atoms with van der Waals surface area (Å²) in [4.78, 5) is 23.9. The first-order valence-corrected chi connectivity index (χ1v) is 15.4. The highest BCUT2D eigenvalue weighted by Gasteiger charge is 2.53. The molecule has 1 atom stereocenters. The number of benzene rings is 1. The third kappa shape index (κ3) is 6.57. The van der Waals surface area contributed by atoms with Gasteiger partial charge in [-0.05, 0) is 62.6 Å². The van der Waals surface area contributed by atoms with Gasteiger partial charge in [0, 0.05) is 23.1 Å². The number of nitrogens with two attached hydrogens (primary N) is 1. The molecule has 0 saturated carbocycles. The molecule has 0 bridgehead atoms. The van der Waals surface area contributed by atoms with Gasteiger partial charge < -0.3 is 15.4 Å². The summed E-state index contributed by atoms with van der Waals surface area (Å²) in [5, 5.41) is -0.404. The SMILES string of the molecule is CC(C)COc1cc(F)cc(-c2ccc(C(=O)NS(=O)(=O)c3cccc(N)n3)c(N3C(C)(C)C[C@H](C)C3(S)S)n2)c1. The second kappa shape index (κ2) is 11.3. The van der Waals surface area contributed by atoms with Gasteiger partial charge in [-0.2, -0.15) is 8.42 Å². The minimum atomic E-state index is -4.37. The van der Waals surface area contributed by atoms with Crippen molar-refractivity contribution in [1.82, 2.24) is 14.7 Å². The average molecular weight is 620 g/mol. The summed E-state index contributed by atoms with van der Waals surface area (Å²) >= 11 is 9.66. The molecule has 0 unspecified atom stereocenters. The molecule has 0 aliphatic carbocycles. The number of nitrogens with one attached hydrogen (secondary N) is 1. The van der Waals surface area contributed by atoms with E-state index < -0.39 is 36.5 Å². The van der Waals surface area contributed by atoms with Crippen LogP contribution in [0.2, 0.25) is 0 Å². The largest absolute Gasteiger partial charge is 0.493 e. The Kier molecular flexibility index (Phi) is 8.55. The van der Waals surface area contributed by atoms with E-state index in [0.717, 1.165) is 0 Å². The molecule has 0 spiro atoms. The molecule has 1 aliphatic heterocycles. The summed E-state index contributed by atoms with van der Waals surface area (Å²) < 4.78 is 47.4. The van der Waals surface area contributed by atoms with Gasteiger partial charge in [0.1, 0.15) is 27.4 Å². The maximum absolute atomic E-state index is 14.6. The summed E-state index contributed by atoms with van der Waals surface area (Å²) in [5.74, 6) is -0.785. The topological polar surface area (TPSA) is 128 Å². The van der Waals surface area contributed by atoms with E-state index in [-0.39, 0.29) is 29.0 Å². The zero-order valence-electron chi connectivity index (χ0n) is 23.4. The Morgan fingerprint density at radius 3 is 2.51 bits per heavy atom. The third-order valence-electron chi connectivity index (χ3n) is 6.73. The maximum atomic E-state index is 14.6. The van der Waals surface area contributed by atoms with Gasteiger partial charge in [-0.3, -0.25) is 4.79 Å². The van der Waals surface area contributed by atoms with E-state index in [1.54, 1.807) is 11.0 Å². The van der Waals surface area contributed by atoms with E-state index >= 15 is 0 Å². The highest BCUT2D eigenvalue weighted by atomic mass is 32.2. The molecule has 1 fully saturated rings. The van der Waals surface area contributed by atoms with Crippen LogP contribution in [0, 0.1) is 17.7 Å². The lowest BCUT2D eigenvalue weighted by atomic mass is 9.97. The number of sulfonamides is 1. The minimum absolute atomic E-state index is 0.0124. The Bertz CT molecular complexity index is 1580. The second-order valence-corrected chi connectivity index (χ2v) is 14.6. The number of ether oxygens (including phenoxy) is 1. The Hall–Kier alpha value is -3.03. The first-order valence-electron chi connectivity index (χ1n) is 13.0. The van der Waals surface area contributed by atoms with Crippen LogP contribution in [-0.4, -0.2) is 40.6 Å². The van der Waals surface area contributed by atoms with Crippen LogP contribution in [0.1, 0.15) is 51.4 Å². The molecule has 1 aliphatic rings. The molecular formula is C28H34FN5O4S3. The molecule has 0 radical (unpaired) electrons. The van der Waals surface area contributed by atoms with Crippen molar-refractivity contribution >= 4 is 52.8 Å². The molecule has 13 heteroatoms. The molecule has 3 heterocycles. The number of pyridine rings is 2. The maximum Gasteiger partial charge on any atom is 0.281 e. The first kappa shape index (κ1) is 30.9. The van der Waals surface area contributed by atoms with Gasteiger partial charge >= 0.3 is 0 Å². The number of carbonyl (C=O) groups is 1. The molecule has 41 heavy (non-hydrogen) atoms. The Balaban J connectivity index is 1.83. The summed E-state index contributed by atoms with van der Waals surface area (Å²) in [5.41, 5.74) is 5.79. The molecule has 220 valence electrons. The van der Waals surface area contributed by atoms with Crippen molar-refractivity contribution in [1.29, 1.82) is 0 Å². The smallest absolute Gasteiger partial charge is 0.281 e. The number of nitrogens with zero attached hydrogens (tertiary/aromatic N) is 3. The number of thiol groups is 2. The number of nitrogen functional groups attached to an aromatic ring is 1. The fourth-order valence-electron chi connectivity index (χ4n) is 4.91. The van der Waals surface area contributed by atoms with Gasteiger partial charge in [0.05, 0.1) is 17.9 Å². The van der Waals surface area contributed by atoms with Crippen LogP contribution in [0.5, 0.6) is 5.75 Å². The van der Waals surface area contributed by atoms with E-state index in [1.807, 2.05) is 34.6 Å². The molecular weight excluding hydrogens is 586 g/mol. The summed E-state index contributed by atoms with van der Waals surface area (Å²) in [6.45, 7) is 10.3. The summed E-state index contributed by atoms with van der Waals surface area (Å²) in [6, 6.07) is 11.3. The van der Waals surface area contributed by atoms with E-state index in [0.29, 0.717) is 30.0 Å². The number of hydrogen-bond donors (Lipinski definition) is 4. The van der Waals surface area contributed by atoms with Crippen molar-refractivity contribution in [3.05, 3.63) is 59.9 Å². The van der Waals surface area contributed by atoms with Gasteiger partial charge in [0.2, 0.25) is 0 Å². The van der Waals surface area contributed by atoms with Crippen molar-refractivity contribution in [2.75, 3.05) is 17.2 Å². The Morgan fingerprint density at radius 1 is 1.20 bits per heavy atom. The van der Waals surface area contributed by atoms with Crippen LogP contribution in [0.4, 0.5) is 16.0 Å². The molecule has 3 aromatic rings. The number of carbonyl (C=O) groups excluding carboxylic acids is 1.